The minimum atomic E-state index is -1.01. The monoisotopic (exact) mass is 352 g/mol. The summed E-state index contributed by atoms with van der Waals surface area (Å²) in [6.07, 6.45) is 12.9. The highest BCUT2D eigenvalue weighted by atomic mass is 19.2. The Kier molecular flexibility index (Phi) is 7.27. The van der Waals surface area contributed by atoms with Crippen molar-refractivity contribution in [3.63, 3.8) is 0 Å². The lowest BCUT2D eigenvalue weighted by Crippen LogP contribution is -2.29. The number of allylic oxidation sites excluding steroid dienone is 1. The Morgan fingerprint density at radius 2 is 1.76 bits per heavy atom. The summed E-state index contributed by atoms with van der Waals surface area (Å²) in [6.45, 7) is 4.79. The van der Waals surface area contributed by atoms with E-state index in [9.17, 15) is 8.78 Å². The lowest BCUT2D eigenvalue weighted by Gasteiger charge is -2.40. The van der Waals surface area contributed by atoms with E-state index in [1.807, 2.05) is 6.08 Å². The van der Waals surface area contributed by atoms with E-state index in [1.54, 1.807) is 0 Å². The van der Waals surface area contributed by atoms with Gasteiger partial charge in [0.15, 0.2) is 11.5 Å². The quantitative estimate of drug-likeness (QED) is 0.512. The molecule has 25 heavy (non-hydrogen) atoms. The Labute approximate surface area is 150 Å². The Morgan fingerprint density at radius 3 is 2.40 bits per heavy atom. The molecule has 1 saturated carbocycles. The van der Waals surface area contributed by atoms with Crippen molar-refractivity contribution in [2.45, 2.75) is 58.8 Å². The molecule has 0 N–H and O–H groups in total. The maximum Gasteiger partial charge on any atom is 0.204 e. The first-order valence-electron chi connectivity index (χ1n) is 9.36. The Hall–Kier alpha value is -1.58. The normalized spacial score (nSPS) is 18.3. The van der Waals surface area contributed by atoms with Crippen LogP contribution in [0.15, 0.2) is 24.3 Å². The van der Waals surface area contributed by atoms with Gasteiger partial charge in [-0.2, -0.15) is 8.78 Å². The van der Waals surface area contributed by atoms with E-state index in [2.05, 4.69) is 19.9 Å². The molecule has 1 unspecified atom stereocenters. The molecule has 1 aromatic rings. The minimum absolute atomic E-state index is 0.0812. The average Bonchev–Trinajstić information content (AvgIpc) is 2.63. The molecule has 0 spiro atoms. The van der Waals surface area contributed by atoms with E-state index in [4.69, 9.17) is 9.47 Å². The number of methoxy groups -OCH3 is 1. The third-order valence-electron chi connectivity index (χ3n) is 5.50. The second-order valence-corrected chi connectivity index (χ2v) is 7.09. The summed E-state index contributed by atoms with van der Waals surface area (Å²) in [6, 6.07) is 2.78. The van der Waals surface area contributed by atoms with Gasteiger partial charge in [0, 0.05) is 0 Å². The maximum absolute atomic E-state index is 13.9. The molecule has 0 heterocycles. The Bertz CT molecular complexity index is 578. The molecule has 1 atom stereocenters. The van der Waals surface area contributed by atoms with Crippen LogP contribution >= 0.6 is 0 Å². The molecule has 140 valence electrons. The first-order chi connectivity index (χ1) is 12.0. The summed E-state index contributed by atoms with van der Waals surface area (Å²) in [4.78, 5) is 0. The van der Waals surface area contributed by atoms with Crippen LogP contribution < -0.4 is 9.47 Å². The van der Waals surface area contributed by atoms with Gasteiger partial charge in [0.25, 0.3) is 0 Å². The van der Waals surface area contributed by atoms with E-state index in [0.717, 1.165) is 0 Å². The summed E-state index contributed by atoms with van der Waals surface area (Å²) in [5.41, 5.74) is 0.224. The zero-order chi connectivity index (χ0) is 18.3. The lowest BCUT2D eigenvalue weighted by atomic mass is 9.65. The van der Waals surface area contributed by atoms with Crippen molar-refractivity contribution in [1.82, 2.24) is 0 Å². The summed E-state index contributed by atoms with van der Waals surface area (Å²) >= 11 is 0. The molecule has 1 aliphatic rings. The molecule has 0 aliphatic heterocycles. The van der Waals surface area contributed by atoms with Crippen molar-refractivity contribution in [2.24, 2.45) is 11.3 Å². The molecule has 0 radical (unpaired) electrons. The summed E-state index contributed by atoms with van der Waals surface area (Å²) in [5, 5.41) is 0. The SMILES string of the molecule is CCCC(C)C1(/C=C/COc2ccc(OC)c(F)c2F)CCCCC1. The van der Waals surface area contributed by atoms with Crippen molar-refractivity contribution in [3.8, 4) is 11.5 Å². The van der Waals surface area contributed by atoms with Gasteiger partial charge in [-0.3, -0.25) is 0 Å². The zero-order valence-electron chi connectivity index (χ0n) is 15.6. The maximum atomic E-state index is 13.9. The molecule has 1 aromatic carbocycles. The third-order valence-corrected chi connectivity index (χ3v) is 5.50. The molecular weight excluding hydrogens is 322 g/mol. The lowest BCUT2D eigenvalue weighted by molar-refractivity contribution is 0.158. The number of rotatable bonds is 8. The van der Waals surface area contributed by atoms with Crippen molar-refractivity contribution < 1.29 is 18.3 Å². The van der Waals surface area contributed by atoms with Crippen LogP contribution in [0.5, 0.6) is 11.5 Å². The fraction of sp³-hybridized carbons (Fsp3) is 0.619. The molecule has 0 amide bonds. The molecule has 0 aromatic heterocycles. The largest absolute Gasteiger partial charge is 0.494 e. The van der Waals surface area contributed by atoms with Gasteiger partial charge in [-0.25, -0.2) is 0 Å². The number of hydrogen-bond donors (Lipinski definition) is 0. The van der Waals surface area contributed by atoms with Gasteiger partial charge in [-0.05, 0) is 36.3 Å². The van der Waals surface area contributed by atoms with Crippen LogP contribution in [0, 0.1) is 23.0 Å². The molecule has 1 fully saturated rings. The fourth-order valence-electron chi connectivity index (χ4n) is 3.96. The number of ether oxygens (including phenoxy) is 2. The van der Waals surface area contributed by atoms with Crippen LogP contribution in [0.2, 0.25) is 0 Å². The van der Waals surface area contributed by atoms with E-state index in [-0.39, 0.29) is 23.5 Å². The first kappa shape index (κ1) is 19.7. The summed E-state index contributed by atoms with van der Waals surface area (Å²) in [5.74, 6) is -1.58. The Morgan fingerprint density at radius 1 is 1.12 bits per heavy atom. The molecule has 2 nitrogen and oxygen atoms in total. The second kappa shape index (κ2) is 9.21. The molecular formula is C21H30F2O2. The van der Waals surface area contributed by atoms with Gasteiger partial charge in [-0.15, -0.1) is 0 Å². The topological polar surface area (TPSA) is 18.5 Å². The van der Waals surface area contributed by atoms with Gasteiger partial charge >= 0.3 is 0 Å². The summed E-state index contributed by atoms with van der Waals surface area (Å²) < 4.78 is 37.8. The zero-order valence-corrected chi connectivity index (χ0v) is 15.6. The van der Waals surface area contributed by atoms with Crippen molar-refractivity contribution in [3.05, 3.63) is 35.9 Å². The standard InChI is InChI=1S/C21H30F2O2/c1-4-9-16(2)21(12-6-5-7-13-21)14-8-15-25-18-11-10-17(24-3)19(22)20(18)23/h8,10-11,14,16H,4-7,9,12-13,15H2,1-3H3/b14-8+. The van der Waals surface area contributed by atoms with Crippen LogP contribution in [-0.4, -0.2) is 13.7 Å². The average molecular weight is 352 g/mol. The second-order valence-electron chi connectivity index (χ2n) is 7.09. The van der Waals surface area contributed by atoms with Gasteiger partial charge in [0.1, 0.15) is 6.61 Å². The van der Waals surface area contributed by atoms with Gasteiger partial charge < -0.3 is 9.47 Å². The van der Waals surface area contributed by atoms with Gasteiger partial charge in [-0.1, -0.05) is 58.1 Å². The van der Waals surface area contributed by atoms with Crippen LogP contribution in [0.4, 0.5) is 8.78 Å². The van der Waals surface area contributed by atoms with Crippen LogP contribution in [0.25, 0.3) is 0 Å². The molecule has 2 rings (SSSR count). The predicted molar refractivity (Wildman–Crippen MR) is 97.1 cm³/mol. The number of hydrogen-bond acceptors (Lipinski definition) is 2. The third kappa shape index (κ3) is 4.74. The number of benzene rings is 1. The highest BCUT2D eigenvalue weighted by Crippen LogP contribution is 2.45. The van der Waals surface area contributed by atoms with Crippen molar-refractivity contribution in [1.29, 1.82) is 0 Å². The van der Waals surface area contributed by atoms with Gasteiger partial charge in [0.05, 0.1) is 7.11 Å². The number of halogens is 2. The minimum Gasteiger partial charge on any atom is -0.494 e. The molecule has 4 heteroatoms. The van der Waals surface area contributed by atoms with E-state index >= 15 is 0 Å². The van der Waals surface area contributed by atoms with Crippen molar-refractivity contribution >= 4 is 0 Å². The van der Waals surface area contributed by atoms with E-state index < -0.39 is 11.6 Å². The summed E-state index contributed by atoms with van der Waals surface area (Å²) in [7, 11) is 1.31. The molecule has 0 bridgehead atoms. The van der Waals surface area contributed by atoms with Crippen LogP contribution in [0.1, 0.15) is 58.8 Å². The van der Waals surface area contributed by atoms with E-state index in [0.29, 0.717) is 5.92 Å². The highest BCUT2D eigenvalue weighted by Gasteiger charge is 2.34. The first-order valence-corrected chi connectivity index (χ1v) is 9.36. The fourth-order valence-corrected chi connectivity index (χ4v) is 3.96. The van der Waals surface area contributed by atoms with Crippen molar-refractivity contribution in [2.75, 3.05) is 13.7 Å². The smallest absolute Gasteiger partial charge is 0.204 e. The van der Waals surface area contributed by atoms with E-state index in [1.165, 1.54) is 64.2 Å². The van der Waals surface area contributed by atoms with Gasteiger partial charge in [0.2, 0.25) is 11.6 Å². The highest BCUT2D eigenvalue weighted by molar-refractivity contribution is 5.35. The van der Waals surface area contributed by atoms with Crippen LogP contribution in [0.3, 0.4) is 0 Å². The Balaban J connectivity index is 2.02. The predicted octanol–water partition coefficient (Wildman–Crippen LogP) is 6.30. The molecule has 0 saturated heterocycles. The van der Waals surface area contributed by atoms with Crippen LogP contribution in [-0.2, 0) is 0 Å². The molecule has 1 aliphatic carbocycles.